The van der Waals surface area contributed by atoms with Crippen LogP contribution in [0.3, 0.4) is 0 Å². The molecule has 0 saturated heterocycles. The molecule has 6 heteroatoms. The Labute approximate surface area is 89.4 Å². The summed E-state index contributed by atoms with van der Waals surface area (Å²) in [6.45, 7) is 3.50. The highest BCUT2D eigenvalue weighted by Gasteiger charge is 2.04. The third kappa shape index (κ3) is 3.19. The van der Waals surface area contributed by atoms with Crippen molar-refractivity contribution >= 4 is 28.4 Å². The zero-order valence-corrected chi connectivity index (χ0v) is 8.54. The molecule has 0 spiro atoms. The molecule has 0 aliphatic heterocycles. The number of primary amides is 1. The molecule has 1 aromatic rings. The zero-order chi connectivity index (χ0) is 11.4. The summed E-state index contributed by atoms with van der Waals surface area (Å²) < 4.78 is 22.8. The molecular formula is C9H9N2O3S-. The van der Waals surface area contributed by atoms with E-state index >= 15 is 0 Å². The highest BCUT2D eigenvalue weighted by molar-refractivity contribution is 7.80. The summed E-state index contributed by atoms with van der Waals surface area (Å²) in [6.07, 6.45) is 0. The fourth-order valence-corrected chi connectivity index (χ4v) is 1.31. The van der Waals surface area contributed by atoms with Gasteiger partial charge < -0.3 is 15.0 Å². The molecule has 0 fully saturated rings. The second-order valence-electron chi connectivity index (χ2n) is 2.76. The number of anilines is 1. The maximum absolute atomic E-state index is 10.8. The Kier molecular flexibility index (Phi) is 3.59. The average molecular weight is 225 g/mol. The van der Waals surface area contributed by atoms with E-state index in [0.29, 0.717) is 11.3 Å². The Bertz CT molecular complexity index is 414. The second-order valence-corrected chi connectivity index (χ2v) is 3.43. The van der Waals surface area contributed by atoms with Gasteiger partial charge in [-0.1, -0.05) is 18.7 Å². The monoisotopic (exact) mass is 225 g/mol. The summed E-state index contributed by atoms with van der Waals surface area (Å²) in [4.78, 5) is 10.8. The van der Waals surface area contributed by atoms with Crippen LogP contribution in [-0.4, -0.2) is 14.7 Å². The SMILES string of the molecule is C=C(C(N)=O)c1ccc(NS(=O)[O-])cc1. The predicted octanol–water partition coefficient (Wildman–Crippen LogP) is 0.391. The van der Waals surface area contributed by atoms with Crippen molar-refractivity contribution in [3.05, 3.63) is 36.4 Å². The number of nitrogens with one attached hydrogen (secondary N) is 1. The molecule has 0 aromatic heterocycles. The quantitative estimate of drug-likeness (QED) is 0.573. The van der Waals surface area contributed by atoms with Crippen molar-refractivity contribution in [2.75, 3.05) is 4.72 Å². The molecule has 15 heavy (non-hydrogen) atoms. The molecule has 0 bridgehead atoms. The maximum Gasteiger partial charge on any atom is 0.248 e. The van der Waals surface area contributed by atoms with Crippen molar-refractivity contribution in [3.63, 3.8) is 0 Å². The van der Waals surface area contributed by atoms with Gasteiger partial charge in [-0.05, 0) is 17.7 Å². The number of carbonyl (C=O) groups is 1. The van der Waals surface area contributed by atoms with E-state index in [4.69, 9.17) is 5.73 Å². The summed E-state index contributed by atoms with van der Waals surface area (Å²) in [6, 6.07) is 6.14. The van der Waals surface area contributed by atoms with Gasteiger partial charge in [0.2, 0.25) is 5.91 Å². The highest BCUT2D eigenvalue weighted by Crippen LogP contribution is 2.15. The third-order valence-electron chi connectivity index (χ3n) is 1.73. The highest BCUT2D eigenvalue weighted by atomic mass is 32.2. The number of amides is 1. The van der Waals surface area contributed by atoms with Crippen LogP contribution in [0.2, 0.25) is 0 Å². The standard InChI is InChI=1S/C9H10N2O3S/c1-6(9(10)12)7-2-4-8(5-3-7)11-15(13)14/h2-5,11H,1H2,(H2,10,12)(H,13,14)/p-1. The van der Waals surface area contributed by atoms with Crippen LogP contribution in [0, 0.1) is 0 Å². The van der Waals surface area contributed by atoms with E-state index in [-0.39, 0.29) is 5.57 Å². The minimum Gasteiger partial charge on any atom is -0.755 e. The van der Waals surface area contributed by atoms with Gasteiger partial charge in [0.25, 0.3) is 0 Å². The van der Waals surface area contributed by atoms with E-state index in [9.17, 15) is 13.6 Å². The van der Waals surface area contributed by atoms with E-state index in [1.807, 2.05) is 0 Å². The minimum atomic E-state index is -2.36. The largest absolute Gasteiger partial charge is 0.755 e. The van der Waals surface area contributed by atoms with Crippen LogP contribution in [0.15, 0.2) is 30.8 Å². The first kappa shape index (κ1) is 11.4. The summed E-state index contributed by atoms with van der Waals surface area (Å²) in [5.41, 5.74) is 6.19. The van der Waals surface area contributed by atoms with Gasteiger partial charge in [0.05, 0.1) is 0 Å². The minimum absolute atomic E-state index is 0.185. The lowest BCUT2D eigenvalue weighted by molar-refractivity contribution is -0.112. The first-order valence-corrected chi connectivity index (χ1v) is 5.03. The lowest BCUT2D eigenvalue weighted by atomic mass is 10.1. The molecule has 0 aliphatic rings. The molecular weight excluding hydrogens is 216 g/mol. The van der Waals surface area contributed by atoms with E-state index in [2.05, 4.69) is 11.3 Å². The normalized spacial score (nSPS) is 11.8. The second kappa shape index (κ2) is 4.72. The summed E-state index contributed by atoms with van der Waals surface area (Å²) >= 11 is -2.36. The van der Waals surface area contributed by atoms with Crippen molar-refractivity contribution in [1.82, 2.24) is 0 Å². The summed E-state index contributed by atoms with van der Waals surface area (Å²) in [5, 5.41) is 0. The Morgan fingerprint density at radius 3 is 2.33 bits per heavy atom. The number of rotatable bonds is 4. The van der Waals surface area contributed by atoms with Gasteiger partial charge in [-0.3, -0.25) is 9.00 Å². The topological polar surface area (TPSA) is 95.2 Å². The Hall–Kier alpha value is -1.66. The van der Waals surface area contributed by atoms with Crippen LogP contribution in [-0.2, 0) is 16.1 Å². The van der Waals surface area contributed by atoms with E-state index in [1.54, 1.807) is 12.1 Å². The number of hydrogen-bond donors (Lipinski definition) is 2. The summed E-state index contributed by atoms with van der Waals surface area (Å²) in [5.74, 6) is -0.608. The van der Waals surface area contributed by atoms with Crippen molar-refractivity contribution in [2.24, 2.45) is 5.73 Å². The molecule has 0 radical (unpaired) electrons. The Morgan fingerprint density at radius 2 is 1.93 bits per heavy atom. The molecule has 0 saturated carbocycles. The predicted molar refractivity (Wildman–Crippen MR) is 57.2 cm³/mol. The molecule has 1 aromatic carbocycles. The lowest BCUT2D eigenvalue weighted by Gasteiger charge is -2.09. The number of hydrogen-bond acceptors (Lipinski definition) is 3. The van der Waals surface area contributed by atoms with Gasteiger partial charge in [0, 0.05) is 22.5 Å². The molecule has 1 amide bonds. The van der Waals surface area contributed by atoms with Gasteiger partial charge in [-0.2, -0.15) is 0 Å². The van der Waals surface area contributed by atoms with Crippen molar-refractivity contribution in [2.45, 2.75) is 0 Å². The molecule has 1 rings (SSSR count). The fraction of sp³-hybridized carbons (Fsp3) is 0. The smallest absolute Gasteiger partial charge is 0.248 e. The molecule has 5 nitrogen and oxygen atoms in total. The molecule has 0 heterocycles. The molecule has 1 atom stereocenters. The third-order valence-corrected chi connectivity index (χ3v) is 2.13. The first-order chi connectivity index (χ1) is 7.00. The molecule has 3 N–H and O–H groups in total. The van der Waals surface area contributed by atoms with Gasteiger partial charge in [-0.15, -0.1) is 0 Å². The average Bonchev–Trinajstić information content (AvgIpc) is 2.17. The van der Waals surface area contributed by atoms with Gasteiger partial charge >= 0.3 is 0 Å². The van der Waals surface area contributed by atoms with Crippen LogP contribution in [0.5, 0.6) is 0 Å². The van der Waals surface area contributed by atoms with Gasteiger partial charge in [0.1, 0.15) is 0 Å². The first-order valence-electron chi connectivity index (χ1n) is 3.96. The molecule has 0 aliphatic carbocycles. The number of benzene rings is 1. The number of carbonyl (C=O) groups excluding carboxylic acids is 1. The Morgan fingerprint density at radius 1 is 1.40 bits per heavy atom. The maximum atomic E-state index is 10.8. The molecule has 80 valence electrons. The van der Waals surface area contributed by atoms with Crippen LogP contribution >= 0.6 is 0 Å². The lowest BCUT2D eigenvalue weighted by Crippen LogP contribution is -2.11. The van der Waals surface area contributed by atoms with Crippen molar-refractivity contribution in [1.29, 1.82) is 0 Å². The van der Waals surface area contributed by atoms with E-state index in [1.165, 1.54) is 12.1 Å². The van der Waals surface area contributed by atoms with Crippen molar-refractivity contribution < 1.29 is 13.6 Å². The summed E-state index contributed by atoms with van der Waals surface area (Å²) in [7, 11) is 0. The van der Waals surface area contributed by atoms with Crippen LogP contribution < -0.4 is 10.5 Å². The van der Waals surface area contributed by atoms with Crippen LogP contribution in [0.1, 0.15) is 5.56 Å². The van der Waals surface area contributed by atoms with Gasteiger partial charge in [0.15, 0.2) is 0 Å². The zero-order valence-electron chi connectivity index (χ0n) is 7.73. The Balaban J connectivity index is 2.85. The van der Waals surface area contributed by atoms with Crippen LogP contribution in [0.4, 0.5) is 5.69 Å². The van der Waals surface area contributed by atoms with Crippen LogP contribution in [0.25, 0.3) is 5.57 Å². The fourth-order valence-electron chi connectivity index (χ4n) is 0.978. The van der Waals surface area contributed by atoms with Crippen molar-refractivity contribution in [3.8, 4) is 0 Å². The number of nitrogens with two attached hydrogens (primary N) is 1. The van der Waals surface area contributed by atoms with E-state index in [0.717, 1.165) is 0 Å². The van der Waals surface area contributed by atoms with Gasteiger partial charge in [-0.25, -0.2) is 0 Å². The molecule has 1 unspecified atom stereocenters. The van der Waals surface area contributed by atoms with E-state index < -0.39 is 17.2 Å².